The van der Waals surface area contributed by atoms with Crippen molar-refractivity contribution < 1.29 is 47.4 Å². The van der Waals surface area contributed by atoms with Gasteiger partial charge < -0.3 is 25.6 Å². The first-order valence-electron chi connectivity index (χ1n) is 15.2. The largest absolute Gasteiger partial charge is 0.416 e. The van der Waals surface area contributed by atoms with E-state index in [0.717, 1.165) is 0 Å². The number of amides is 2. The van der Waals surface area contributed by atoms with Gasteiger partial charge in [0.25, 0.3) is 0 Å². The monoisotopic (exact) mass is 648 g/mol. The van der Waals surface area contributed by atoms with Gasteiger partial charge in [-0.25, -0.2) is 0 Å². The fourth-order valence-electron chi connectivity index (χ4n) is 4.88. The molecule has 0 spiro atoms. The number of aliphatic hydroxyl groups is 2. The van der Waals surface area contributed by atoms with Crippen LogP contribution in [0.4, 0.5) is 13.2 Å². The van der Waals surface area contributed by atoms with Gasteiger partial charge in [0.15, 0.2) is 17.7 Å². The number of aliphatic hydroxyl groups excluding tert-OH is 2. The summed E-state index contributed by atoms with van der Waals surface area (Å²) in [4.78, 5) is 64.3. The van der Waals surface area contributed by atoms with Crippen LogP contribution in [0.3, 0.4) is 0 Å². The highest BCUT2D eigenvalue weighted by Crippen LogP contribution is 2.25. The highest BCUT2D eigenvalue weighted by molar-refractivity contribution is 5.99. The van der Waals surface area contributed by atoms with Crippen molar-refractivity contribution in [3.63, 3.8) is 0 Å². The van der Waals surface area contributed by atoms with Crippen LogP contribution in [-0.4, -0.2) is 63.7 Å². The van der Waals surface area contributed by atoms with Crippen molar-refractivity contribution in [2.75, 3.05) is 0 Å². The molecule has 0 aromatic heterocycles. The fraction of sp³-hybridized carbons (Fsp3) is 0.500. The molecular formula is C34H43F3N2O7. The van der Waals surface area contributed by atoms with E-state index >= 15 is 0 Å². The van der Waals surface area contributed by atoms with Gasteiger partial charge in [-0.1, -0.05) is 75.4 Å². The number of Topliss-reactive ketones (excluding diaryl/α,β-unsaturated/α-hetero) is 3. The van der Waals surface area contributed by atoms with Gasteiger partial charge in [0.1, 0.15) is 5.78 Å². The Morgan fingerprint density at radius 1 is 0.826 bits per heavy atom. The van der Waals surface area contributed by atoms with Crippen LogP contribution in [0, 0.1) is 17.8 Å². The lowest BCUT2D eigenvalue weighted by atomic mass is 9.87. The summed E-state index contributed by atoms with van der Waals surface area (Å²) in [6, 6.07) is 12.2. The van der Waals surface area contributed by atoms with Crippen molar-refractivity contribution in [2.45, 2.75) is 90.8 Å². The molecule has 0 aliphatic rings. The molecule has 2 aromatic carbocycles. The highest BCUT2D eigenvalue weighted by atomic mass is 19.4. The van der Waals surface area contributed by atoms with Crippen LogP contribution in [0.15, 0.2) is 54.6 Å². The minimum atomic E-state index is -5.05. The third-order valence-electron chi connectivity index (χ3n) is 7.80. The molecule has 0 aliphatic carbocycles. The summed E-state index contributed by atoms with van der Waals surface area (Å²) in [7, 11) is 0. The van der Waals surface area contributed by atoms with Crippen molar-refractivity contribution in [3.8, 4) is 0 Å². The van der Waals surface area contributed by atoms with Crippen LogP contribution in [0.5, 0.6) is 0 Å². The Morgan fingerprint density at radius 2 is 1.43 bits per heavy atom. The fourth-order valence-corrected chi connectivity index (χ4v) is 4.88. The molecule has 2 rings (SSSR count). The second-order valence-electron chi connectivity index (χ2n) is 12.0. The number of carbonyl (C=O) groups excluding carboxylic acids is 5. The molecule has 2 unspecified atom stereocenters. The topological polar surface area (TPSA) is 150 Å². The van der Waals surface area contributed by atoms with Gasteiger partial charge >= 0.3 is 6.18 Å². The molecule has 0 aliphatic heterocycles. The highest BCUT2D eigenvalue weighted by Gasteiger charge is 2.44. The van der Waals surface area contributed by atoms with Gasteiger partial charge in [-0.05, 0) is 36.8 Å². The summed E-state index contributed by atoms with van der Waals surface area (Å²) in [6.45, 7) is 5.87. The Hall–Kier alpha value is -3.90. The van der Waals surface area contributed by atoms with Crippen LogP contribution < -0.4 is 10.6 Å². The van der Waals surface area contributed by atoms with E-state index in [1.54, 1.807) is 68.4 Å². The van der Waals surface area contributed by atoms with Crippen molar-refractivity contribution in [3.05, 3.63) is 71.3 Å². The van der Waals surface area contributed by atoms with E-state index < -0.39 is 72.4 Å². The van der Waals surface area contributed by atoms with Gasteiger partial charge in [0.05, 0.1) is 18.7 Å². The van der Waals surface area contributed by atoms with Crippen LogP contribution in [0.25, 0.3) is 0 Å². The molecular weight excluding hydrogens is 605 g/mol. The van der Waals surface area contributed by atoms with Crippen molar-refractivity contribution in [1.29, 1.82) is 0 Å². The predicted molar refractivity (Wildman–Crippen MR) is 164 cm³/mol. The zero-order valence-electron chi connectivity index (χ0n) is 26.5. The van der Waals surface area contributed by atoms with E-state index in [2.05, 4.69) is 10.6 Å². The number of benzene rings is 2. The number of ketones is 3. The lowest BCUT2D eigenvalue weighted by Gasteiger charge is -2.27. The summed E-state index contributed by atoms with van der Waals surface area (Å²) in [6.07, 6.45) is -9.22. The van der Waals surface area contributed by atoms with Gasteiger partial charge in [-0.2, -0.15) is 13.2 Å². The van der Waals surface area contributed by atoms with Gasteiger partial charge in [-0.15, -0.1) is 0 Å². The van der Waals surface area contributed by atoms with Gasteiger partial charge in [-0.3, -0.25) is 19.2 Å². The minimum Gasteiger partial charge on any atom is -0.392 e. The zero-order valence-corrected chi connectivity index (χ0v) is 26.5. The Kier molecular flexibility index (Phi) is 14.7. The van der Waals surface area contributed by atoms with E-state index in [-0.39, 0.29) is 37.6 Å². The molecule has 2 aromatic rings. The molecule has 4 N–H and O–H groups in total. The summed E-state index contributed by atoms with van der Waals surface area (Å²) in [5.74, 6) is -4.95. The van der Waals surface area contributed by atoms with Crippen molar-refractivity contribution in [1.82, 2.24) is 10.6 Å². The van der Waals surface area contributed by atoms with E-state index in [0.29, 0.717) is 16.7 Å². The summed E-state index contributed by atoms with van der Waals surface area (Å²) in [5.41, 5.74) is 1.70. The van der Waals surface area contributed by atoms with Crippen molar-refractivity contribution in [2.24, 2.45) is 17.8 Å². The normalized spacial score (nSPS) is 14.9. The molecule has 0 radical (unpaired) electrons. The molecule has 2 amide bonds. The third kappa shape index (κ3) is 12.1. The zero-order chi connectivity index (χ0) is 34.6. The number of halogens is 3. The number of rotatable bonds is 18. The maximum atomic E-state index is 13.5. The predicted octanol–water partition coefficient (Wildman–Crippen LogP) is 4.12. The second-order valence-corrected chi connectivity index (χ2v) is 12.0. The first-order chi connectivity index (χ1) is 21.5. The molecule has 0 fully saturated rings. The molecule has 252 valence electrons. The number of hydrogen-bond acceptors (Lipinski definition) is 7. The first-order valence-corrected chi connectivity index (χ1v) is 15.2. The Morgan fingerprint density at radius 3 is 1.96 bits per heavy atom. The Bertz CT molecular complexity index is 1330. The van der Waals surface area contributed by atoms with E-state index in [1.807, 2.05) is 0 Å². The van der Waals surface area contributed by atoms with Crippen molar-refractivity contribution >= 4 is 29.2 Å². The summed E-state index contributed by atoms with van der Waals surface area (Å²) >= 11 is 0. The second kappa shape index (κ2) is 17.7. The molecule has 46 heavy (non-hydrogen) atoms. The smallest absolute Gasteiger partial charge is 0.392 e. The van der Waals surface area contributed by atoms with E-state index in [1.165, 1.54) is 13.8 Å². The maximum absolute atomic E-state index is 13.5. The molecule has 0 bridgehead atoms. The van der Waals surface area contributed by atoms with Gasteiger partial charge in [0.2, 0.25) is 11.8 Å². The molecule has 0 heterocycles. The first kappa shape index (κ1) is 38.3. The third-order valence-corrected chi connectivity index (χ3v) is 7.80. The quantitative estimate of drug-likeness (QED) is 0.178. The summed E-state index contributed by atoms with van der Waals surface area (Å²) < 4.78 is 39.7. The lowest BCUT2D eigenvalue weighted by Crippen LogP contribution is -2.52. The average molecular weight is 649 g/mol. The van der Waals surface area contributed by atoms with E-state index in [4.69, 9.17) is 0 Å². The van der Waals surface area contributed by atoms with Crippen LogP contribution >= 0.6 is 0 Å². The number of hydrogen-bond donors (Lipinski definition) is 4. The average Bonchev–Trinajstić information content (AvgIpc) is 3.00. The molecule has 0 saturated heterocycles. The van der Waals surface area contributed by atoms with Gasteiger partial charge in [0, 0.05) is 36.7 Å². The molecule has 5 atom stereocenters. The number of alkyl halides is 3. The van der Waals surface area contributed by atoms with E-state index in [9.17, 15) is 47.4 Å². The number of nitrogens with one attached hydrogen (secondary N) is 2. The lowest BCUT2D eigenvalue weighted by molar-refractivity contribution is -0.213. The Balaban J connectivity index is 2.21. The van der Waals surface area contributed by atoms with Crippen LogP contribution in [0.1, 0.15) is 74.9 Å². The molecule has 0 saturated carbocycles. The minimum absolute atomic E-state index is 0.0646. The molecule has 9 nitrogen and oxygen atoms in total. The summed E-state index contributed by atoms with van der Waals surface area (Å²) in [5, 5.41) is 23.9. The standard InChI is InChI=1S/C34H43F3N2O7/c1-20(2)26(18-29(42)25-13-11-24(19-40)12-14-25)33(46)39-28(17-23-8-6-5-7-9-23)30(43)16-21(3)32(45)38-27(15-10-22(4)41)31(44)34(35,36)37/h5-9,11-14,20-21,26-28,31,40,44H,10,15-19H2,1-4H3,(H,38,45)(H,39,46)/t21-,26+,27?,28+,31?/m1/s1. The SMILES string of the molecule is CC(=O)CCC(NC(=O)[C@H](C)CC(=O)[C@H](Cc1ccccc1)NC(=O)[C@@H](CC(=O)c1ccc(CO)cc1)C(C)C)C(O)C(F)(F)F. The Labute approximate surface area is 267 Å². The number of carbonyl (C=O) groups is 5. The molecule has 12 heteroatoms. The van der Waals surface area contributed by atoms with Crippen LogP contribution in [-0.2, 0) is 32.2 Å². The van der Waals surface area contributed by atoms with Crippen LogP contribution in [0.2, 0.25) is 0 Å². The maximum Gasteiger partial charge on any atom is 0.416 e.